The highest BCUT2D eigenvalue weighted by Gasteiger charge is 2.24. The van der Waals surface area contributed by atoms with Crippen LogP contribution in [0.2, 0.25) is 0 Å². The van der Waals surface area contributed by atoms with Crippen molar-refractivity contribution in [3.05, 3.63) is 16.5 Å². The zero-order valence-corrected chi connectivity index (χ0v) is 18.7. The molecule has 158 valence electrons. The molecule has 0 fully saturated rings. The molecule has 0 saturated carbocycles. The van der Waals surface area contributed by atoms with Gasteiger partial charge in [0.25, 0.3) is 0 Å². The van der Waals surface area contributed by atoms with Crippen LogP contribution in [0.5, 0.6) is 0 Å². The summed E-state index contributed by atoms with van der Waals surface area (Å²) in [5.74, 6) is -0.717. The molecule has 0 bridgehead atoms. The second-order valence-corrected chi connectivity index (χ2v) is 9.07. The van der Waals surface area contributed by atoms with Crippen LogP contribution >= 0.6 is 11.3 Å². The summed E-state index contributed by atoms with van der Waals surface area (Å²) in [5, 5.41) is 3.33. The molecule has 1 amide bonds. The first-order valence-corrected chi connectivity index (χ1v) is 10.6. The van der Waals surface area contributed by atoms with Crippen molar-refractivity contribution in [1.29, 1.82) is 0 Å². The molecule has 7 heteroatoms. The van der Waals surface area contributed by atoms with Crippen LogP contribution < -0.4 is 5.32 Å². The number of amides is 1. The molecule has 1 N–H and O–H groups in total. The van der Waals surface area contributed by atoms with Gasteiger partial charge in [-0.05, 0) is 44.1 Å². The summed E-state index contributed by atoms with van der Waals surface area (Å²) in [7, 11) is 0. The smallest absolute Gasteiger partial charge is 0.341 e. The maximum Gasteiger partial charge on any atom is 0.341 e. The highest BCUT2D eigenvalue weighted by Crippen LogP contribution is 2.38. The topological polar surface area (TPSA) is 81.7 Å². The number of carbonyl (C=O) groups excluding carboxylic acids is 3. The van der Waals surface area contributed by atoms with Gasteiger partial charge in [0.2, 0.25) is 5.91 Å². The third kappa shape index (κ3) is 8.42. The van der Waals surface area contributed by atoms with Gasteiger partial charge in [0.15, 0.2) is 0 Å². The third-order valence-corrected chi connectivity index (χ3v) is 5.28. The fourth-order valence-electron chi connectivity index (χ4n) is 2.94. The van der Waals surface area contributed by atoms with E-state index in [1.54, 1.807) is 13.8 Å². The lowest BCUT2D eigenvalue weighted by Gasteiger charge is -2.22. The van der Waals surface area contributed by atoms with Gasteiger partial charge < -0.3 is 14.8 Å². The number of rotatable bonds is 10. The molecule has 28 heavy (non-hydrogen) atoms. The van der Waals surface area contributed by atoms with E-state index in [4.69, 9.17) is 9.47 Å². The van der Waals surface area contributed by atoms with Gasteiger partial charge >= 0.3 is 11.9 Å². The van der Waals surface area contributed by atoms with Crippen molar-refractivity contribution in [2.45, 2.75) is 73.1 Å². The molecule has 0 aliphatic heterocycles. The quantitative estimate of drug-likeness (QED) is 0.539. The molecule has 1 aromatic heterocycles. The highest BCUT2D eigenvalue weighted by molar-refractivity contribution is 7.16. The predicted molar refractivity (Wildman–Crippen MR) is 112 cm³/mol. The third-order valence-electron chi connectivity index (χ3n) is 3.99. The average Bonchev–Trinajstić information content (AvgIpc) is 2.98. The fraction of sp³-hybridized carbons (Fsp3) is 0.667. The number of nitrogens with one attached hydrogen (secondary N) is 1. The van der Waals surface area contributed by atoms with E-state index in [-0.39, 0.29) is 42.7 Å². The van der Waals surface area contributed by atoms with E-state index in [1.165, 1.54) is 11.3 Å². The molecule has 1 rings (SSSR count). The molecular formula is C21H33NO5S. The lowest BCUT2D eigenvalue weighted by Crippen LogP contribution is -2.14. The van der Waals surface area contributed by atoms with Crippen molar-refractivity contribution in [3.63, 3.8) is 0 Å². The van der Waals surface area contributed by atoms with Crippen LogP contribution in [0.3, 0.4) is 0 Å². The number of hydrogen-bond acceptors (Lipinski definition) is 6. The van der Waals surface area contributed by atoms with Crippen molar-refractivity contribution in [1.82, 2.24) is 0 Å². The van der Waals surface area contributed by atoms with Crippen molar-refractivity contribution in [2.75, 3.05) is 18.5 Å². The zero-order chi connectivity index (χ0) is 21.3. The summed E-state index contributed by atoms with van der Waals surface area (Å²) in [6.07, 6.45) is 1.75. The Bertz CT molecular complexity index is 675. The first-order valence-electron chi connectivity index (χ1n) is 9.83. The Kier molecular flexibility index (Phi) is 9.65. The van der Waals surface area contributed by atoms with Crippen molar-refractivity contribution in [3.8, 4) is 0 Å². The normalized spacial score (nSPS) is 12.4. The van der Waals surface area contributed by atoms with Crippen LogP contribution in [-0.4, -0.2) is 31.1 Å². The lowest BCUT2D eigenvalue weighted by molar-refractivity contribution is -0.143. The summed E-state index contributed by atoms with van der Waals surface area (Å²) >= 11 is 1.41. The van der Waals surface area contributed by atoms with E-state index < -0.39 is 5.97 Å². The second kappa shape index (κ2) is 11.2. The van der Waals surface area contributed by atoms with Gasteiger partial charge in [0.05, 0.1) is 18.8 Å². The minimum atomic E-state index is -0.435. The zero-order valence-electron chi connectivity index (χ0n) is 17.8. The number of thiophene rings is 1. The highest BCUT2D eigenvalue weighted by atomic mass is 32.1. The first kappa shape index (κ1) is 24.1. The van der Waals surface area contributed by atoms with Gasteiger partial charge in [-0.2, -0.15) is 0 Å². The van der Waals surface area contributed by atoms with Gasteiger partial charge in [-0.15, -0.1) is 11.3 Å². The first-order chi connectivity index (χ1) is 13.1. The molecule has 1 aromatic rings. The summed E-state index contributed by atoms with van der Waals surface area (Å²) in [5.41, 5.74) is 0.547. The number of carbonyl (C=O) groups is 3. The molecule has 0 aliphatic rings. The summed E-state index contributed by atoms with van der Waals surface area (Å²) in [6.45, 7) is 12.8. The van der Waals surface area contributed by atoms with Gasteiger partial charge in [-0.25, -0.2) is 4.79 Å². The van der Waals surface area contributed by atoms with Crippen LogP contribution in [0.15, 0.2) is 6.07 Å². The molecule has 0 aromatic carbocycles. The predicted octanol–water partition coefficient (Wildman–Crippen LogP) is 5.14. The molecule has 1 atom stereocenters. The lowest BCUT2D eigenvalue weighted by atomic mass is 9.85. The van der Waals surface area contributed by atoms with Gasteiger partial charge in [0, 0.05) is 17.7 Å². The van der Waals surface area contributed by atoms with Crippen LogP contribution in [0.4, 0.5) is 5.00 Å². The van der Waals surface area contributed by atoms with Gasteiger partial charge in [-0.1, -0.05) is 27.7 Å². The van der Waals surface area contributed by atoms with Crippen LogP contribution in [0, 0.1) is 5.41 Å². The van der Waals surface area contributed by atoms with Crippen LogP contribution in [0.25, 0.3) is 0 Å². The molecule has 6 nitrogen and oxygen atoms in total. The Hall–Kier alpha value is -1.89. The number of ether oxygens (including phenoxy) is 2. The summed E-state index contributed by atoms with van der Waals surface area (Å²) in [6, 6.07) is 1.83. The number of hydrogen-bond donors (Lipinski definition) is 1. The molecule has 0 spiro atoms. The fourth-order valence-corrected chi connectivity index (χ4v) is 4.06. The molecule has 0 aliphatic carbocycles. The van der Waals surface area contributed by atoms with Crippen LogP contribution in [0.1, 0.15) is 88.4 Å². The molecule has 0 unspecified atom stereocenters. The maximum absolute atomic E-state index is 12.3. The SMILES string of the molecule is CCOC(=O)CCCC(=O)Nc1sc([C@@H](C)CC(C)(C)C)cc1C(=O)OCC. The number of anilines is 1. The molecule has 0 saturated heterocycles. The van der Waals surface area contributed by atoms with E-state index in [0.29, 0.717) is 23.6 Å². The van der Waals surface area contributed by atoms with Crippen LogP contribution in [-0.2, 0) is 19.1 Å². The minimum Gasteiger partial charge on any atom is -0.466 e. The van der Waals surface area contributed by atoms with Gasteiger partial charge in [-0.3, -0.25) is 9.59 Å². The van der Waals surface area contributed by atoms with Crippen molar-refractivity contribution >= 4 is 34.2 Å². The monoisotopic (exact) mass is 411 g/mol. The standard InChI is InChI=1S/C21H33NO5S/c1-7-26-18(24)11-9-10-17(23)22-19-15(20(25)27-8-2)12-16(28-19)14(3)13-21(4,5)6/h12,14H,7-11,13H2,1-6H3,(H,22,23)/t14-/m0/s1. The van der Waals surface area contributed by atoms with E-state index >= 15 is 0 Å². The van der Waals surface area contributed by atoms with Crippen molar-refractivity contribution < 1.29 is 23.9 Å². The Morgan fingerprint density at radius 1 is 1.11 bits per heavy atom. The molecule has 1 heterocycles. The van der Waals surface area contributed by atoms with E-state index in [9.17, 15) is 14.4 Å². The molecular weight excluding hydrogens is 378 g/mol. The largest absolute Gasteiger partial charge is 0.466 e. The van der Waals surface area contributed by atoms with Gasteiger partial charge in [0.1, 0.15) is 5.00 Å². The second-order valence-electron chi connectivity index (χ2n) is 7.98. The Balaban J connectivity index is 2.85. The number of esters is 2. The Morgan fingerprint density at radius 3 is 2.32 bits per heavy atom. The van der Waals surface area contributed by atoms with E-state index in [0.717, 1.165) is 11.3 Å². The summed E-state index contributed by atoms with van der Waals surface area (Å²) in [4.78, 5) is 37.0. The minimum absolute atomic E-state index is 0.157. The average molecular weight is 412 g/mol. The van der Waals surface area contributed by atoms with E-state index in [2.05, 4.69) is 33.0 Å². The van der Waals surface area contributed by atoms with Crippen molar-refractivity contribution in [2.24, 2.45) is 5.41 Å². The summed E-state index contributed by atoms with van der Waals surface area (Å²) < 4.78 is 10.00. The van der Waals surface area contributed by atoms with E-state index in [1.807, 2.05) is 6.07 Å². The Morgan fingerprint density at radius 2 is 1.75 bits per heavy atom. The Labute approximate surface area is 172 Å². The molecule has 0 radical (unpaired) electrons. The maximum atomic E-state index is 12.3.